The number of hydrogen-bond acceptors (Lipinski definition) is 3. The molecule has 0 unspecified atom stereocenters. The maximum absolute atomic E-state index is 10.9. The van der Waals surface area contributed by atoms with Crippen LogP contribution in [0.15, 0.2) is 35.9 Å². The average Bonchev–Trinajstić information content (AvgIpc) is 2.52. The summed E-state index contributed by atoms with van der Waals surface area (Å²) in [7, 11) is 0. The van der Waals surface area contributed by atoms with E-state index in [0.29, 0.717) is 18.7 Å². The Morgan fingerprint density at radius 1 is 1.33 bits per heavy atom. The van der Waals surface area contributed by atoms with Crippen LogP contribution in [0.1, 0.15) is 25.3 Å². The molecular formula is C17H23NO3. The highest BCUT2D eigenvalue weighted by atomic mass is 16.5. The molecule has 1 heterocycles. The topological polar surface area (TPSA) is 49.8 Å². The summed E-state index contributed by atoms with van der Waals surface area (Å²) in [6.45, 7) is 5.14. The molecule has 4 heteroatoms. The number of hydrogen-bond donors (Lipinski definition) is 1. The number of aryl methyl sites for hydroxylation is 1. The molecule has 1 aliphatic rings. The van der Waals surface area contributed by atoms with Gasteiger partial charge in [-0.25, -0.2) is 4.79 Å². The third kappa shape index (κ3) is 4.90. The van der Waals surface area contributed by atoms with Gasteiger partial charge in [0.05, 0.1) is 6.61 Å². The van der Waals surface area contributed by atoms with Gasteiger partial charge >= 0.3 is 5.97 Å². The maximum atomic E-state index is 10.9. The first-order valence-electron chi connectivity index (χ1n) is 7.55. The molecule has 0 aliphatic carbocycles. The maximum Gasteiger partial charge on any atom is 0.332 e. The Morgan fingerprint density at radius 2 is 2.10 bits per heavy atom. The van der Waals surface area contributed by atoms with Crippen LogP contribution in [0.4, 0.5) is 0 Å². The first-order chi connectivity index (χ1) is 10.2. The van der Waals surface area contributed by atoms with Crippen molar-refractivity contribution in [3.05, 3.63) is 41.5 Å². The zero-order chi connectivity index (χ0) is 15.1. The quantitative estimate of drug-likeness (QED) is 0.784. The van der Waals surface area contributed by atoms with Crippen LogP contribution in [-0.4, -0.2) is 42.2 Å². The number of ether oxygens (including phenoxy) is 1. The fourth-order valence-corrected chi connectivity index (χ4v) is 2.45. The number of benzene rings is 1. The van der Waals surface area contributed by atoms with Gasteiger partial charge in [0.15, 0.2) is 0 Å². The fourth-order valence-electron chi connectivity index (χ4n) is 2.45. The Kier molecular flexibility index (Phi) is 5.81. The monoisotopic (exact) mass is 289 g/mol. The van der Waals surface area contributed by atoms with Crippen molar-refractivity contribution in [3.63, 3.8) is 0 Å². The van der Waals surface area contributed by atoms with Crippen LogP contribution in [0, 0.1) is 0 Å². The van der Waals surface area contributed by atoms with Crippen molar-refractivity contribution in [1.29, 1.82) is 0 Å². The van der Waals surface area contributed by atoms with E-state index in [-0.39, 0.29) is 0 Å². The van der Waals surface area contributed by atoms with Gasteiger partial charge in [0, 0.05) is 25.2 Å². The van der Waals surface area contributed by atoms with Crippen molar-refractivity contribution in [2.24, 2.45) is 0 Å². The lowest BCUT2D eigenvalue weighted by molar-refractivity contribution is -0.133. The minimum absolute atomic E-state index is 0.511. The molecule has 2 rings (SSSR count). The average molecular weight is 289 g/mol. The summed E-state index contributed by atoms with van der Waals surface area (Å²) >= 11 is 0. The van der Waals surface area contributed by atoms with E-state index < -0.39 is 5.97 Å². The molecule has 0 atom stereocenters. The van der Waals surface area contributed by atoms with Crippen LogP contribution in [0.2, 0.25) is 0 Å². The molecule has 0 amide bonds. The standard InChI is InChI=1S/C17H23NO3/c1-2-14-6-8-16(9-7-14)21-12-4-11-18-10-3-5-15(13-18)17(19)20/h5-9H,2-4,10-13H2,1H3,(H,19,20). The van der Waals surface area contributed by atoms with Crippen LogP contribution in [0.3, 0.4) is 0 Å². The molecule has 0 bridgehead atoms. The first-order valence-corrected chi connectivity index (χ1v) is 7.55. The van der Waals surface area contributed by atoms with Crippen molar-refractivity contribution >= 4 is 5.97 Å². The summed E-state index contributed by atoms with van der Waals surface area (Å²) in [5.74, 6) is 0.101. The van der Waals surface area contributed by atoms with E-state index in [1.54, 1.807) is 0 Å². The highest BCUT2D eigenvalue weighted by Crippen LogP contribution is 2.13. The van der Waals surface area contributed by atoms with E-state index >= 15 is 0 Å². The van der Waals surface area contributed by atoms with Crippen LogP contribution < -0.4 is 4.74 Å². The highest BCUT2D eigenvalue weighted by molar-refractivity contribution is 5.87. The smallest absolute Gasteiger partial charge is 0.332 e. The molecule has 0 saturated carbocycles. The predicted molar refractivity (Wildman–Crippen MR) is 82.7 cm³/mol. The van der Waals surface area contributed by atoms with Gasteiger partial charge in [0.1, 0.15) is 5.75 Å². The summed E-state index contributed by atoms with van der Waals surface area (Å²) in [6, 6.07) is 8.18. The van der Waals surface area contributed by atoms with Gasteiger partial charge in [-0.2, -0.15) is 0 Å². The molecule has 0 aromatic heterocycles. The van der Waals surface area contributed by atoms with Crippen molar-refractivity contribution in [1.82, 2.24) is 4.90 Å². The molecule has 0 spiro atoms. The number of carboxylic acid groups (broad SMARTS) is 1. The van der Waals surface area contributed by atoms with E-state index in [9.17, 15) is 4.79 Å². The van der Waals surface area contributed by atoms with Crippen LogP contribution in [0.25, 0.3) is 0 Å². The van der Waals surface area contributed by atoms with Crippen LogP contribution in [-0.2, 0) is 11.2 Å². The zero-order valence-corrected chi connectivity index (χ0v) is 12.5. The first kappa shape index (κ1) is 15.6. The number of rotatable bonds is 7. The van der Waals surface area contributed by atoms with Crippen molar-refractivity contribution in [2.75, 3.05) is 26.2 Å². The largest absolute Gasteiger partial charge is 0.494 e. The SMILES string of the molecule is CCc1ccc(OCCCN2CCC=C(C(=O)O)C2)cc1. The van der Waals surface area contributed by atoms with Crippen molar-refractivity contribution in [2.45, 2.75) is 26.2 Å². The highest BCUT2D eigenvalue weighted by Gasteiger charge is 2.16. The molecule has 0 saturated heterocycles. The summed E-state index contributed by atoms with van der Waals surface area (Å²) in [5, 5.41) is 9.00. The van der Waals surface area contributed by atoms with E-state index in [0.717, 1.165) is 38.1 Å². The Morgan fingerprint density at radius 3 is 2.76 bits per heavy atom. The number of nitrogens with zero attached hydrogens (tertiary/aromatic N) is 1. The second-order valence-electron chi connectivity index (χ2n) is 5.30. The Hall–Kier alpha value is -1.81. The minimum atomic E-state index is -0.799. The lowest BCUT2D eigenvalue weighted by Crippen LogP contribution is -2.33. The fraction of sp³-hybridized carbons (Fsp3) is 0.471. The van der Waals surface area contributed by atoms with Gasteiger partial charge < -0.3 is 9.84 Å². The van der Waals surface area contributed by atoms with Gasteiger partial charge in [0.2, 0.25) is 0 Å². The molecule has 1 aliphatic heterocycles. The molecular weight excluding hydrogens is 266 g/mol. The summed E-state index contributed by atoms with van der Waals surface area (Å²) < 4.78 is 5.71. The molecule has 0 radical (unpaired) electrons. The molecule has 1 aromatic rings. The number of carboxylic acids is 1. The number of carbonyl (C=O) groups is 1. The third-order valence-corrected chi connectivity index (χ3v) is 3.72. The molecule has 4 nitrogen and oxygen atoms in total. The van der Waals surface area contributed by atoms with Crippen LogP contribution >= 0.6 is 0 Å². The van der Waals surface area contributed by atoms with Gasteiger partial charge in [-0.05, 0) is 37.0 Å². The van der Waals surface area contributed by atoms with Crippen molar-refractivity contribution < 1.29 is 14.6 Å². The summed E-state index contributed by atoms with van der Waals surface area (Å²) in [4.78, 5) is 13.1. The Labute approximate surface area is 126 Å². The van der Waals surface area contributed by atoms with E-state index in [1.165, 1.54) is 5.56 Å². The molecule has 1 N–H and O–H groups in total. The van der Waals surface area contributed by atoms with E-state index in [4.69, 9.17) is 9.84 Å². The van der Waals surface area contributed by atoms with E-state index in [1.807, 2.05) is 18.2 Å². The summed E-state index contributed by atoms with van der Waals surface area (Å²) in [5.41, 5.74) is 1.82. The van der Waals surface area contributed by atoms with Crippen molar-refractivity contribution in [3.8, 4) is 5.75 Å². The number of aliphatic carboxylic acids is 1. The molecule has 1 aromatic carbocycles. The Balaban J connectivity index is 1.67. The minimum Gasteiger partial charge on any atom is -0.494 e. The molecule has 21 heavy (non-hydrogen) atoms. The Bertz CT molecular complexity index is 493. The second-order valence-corrected chi connectivity index (χ2v) is 5.30. The molecule has 114 valence electrons. The normalized spacial score (nSPS) is 15.6. The van der Waals surface area contributed by atoms with Gasteiger partial charge in [-0.15, -0.1) is 0 Å². The third-order valence-electron chi connectivity index (χ3n) is 3.72. The van der Waals surface area contributed by atoms with Gasteiger partial charge in [-0.3, -0.25) is 4.90 Å². The van der Waals surface area contributed by atoms with E-state index in [2.05, 4.69) is 24.0 Å². The zero-order valence-electron chi connectivity index (χ0n) is 12.5. The lowest BCUT2D eigenvalue weighted by atomic mass is 10.1. The summed E-state index contributed by atoms with van der Waals surface area (Å²) in [6.07, 6.45) is 4.59. The van der Waals surface area contributed by atoms with Gasteiger partial charge in [-0.1, -0.05) is 25.1 Å². The second kappa shape index (κ2) is 7.84. The van der Waals surface area contributed by atoms with Gasteiger partial charge in [0.25, 0.3) is 0 Å². The predicted octanol–water partition coefficient (Wildman–Crippen LogP) is 2.73. The lowest BCUT2D eigenvalue weighted by Gasteiger charge is -2.25. The van der Waals surface area contributed by atoms with Crippen LogP contribution in [0.5, 0.6) is 5.75 Å². The molecule has 0 fully saturated rings.